The van der Waals surface area contributed by atoms with Gasteiger partial charge in [0.15, 0.2) is 11.6 Å². The van der Waals surface area contributed by atoms with Gasteiger partial charge < -0.3 is 5.11 Å². The van der Waals surface area contributed by atoms with Crippen LogP contribution in [0.5, 0.6) is 0 Å². The molecule has 2 aromatic rings. The Morgan fingerprint density at radius 2 is 1.61 bits per heavy atom. The van der Waals surface area contributed by atoms with Crippen molar-refractivity contribution in [2.24, 2.45) is 0 Å². The summed E-state index contributed by atoms with van der Waals surface area (Å²) in [4.78, 5) is 0. The molecule has 0 radical (unpaired) electrons. The Bertz CT molecular complexity index is 594. The SMILES string of the molecule is Cc1cc(-c2cc(F)c(F)cc2F)ccc1CO. The van der Waals surface area contributed by atoms with Crippen LogP contribution < -0.4 is 0 Å². The van der Waals surface area contributed by atoms with E-state index in [4.69, 9.17) is 5.11 Å². The lowest BCUT2D eigenvalue weighted by atomic mass is 9.99. The third-order valence-corrected chi connectivity index (χ3v) is 2.83. The fourth-order valence-electron chi connectivity index (χ4n) is 1.78. The van der Waals surface area contributed by atoms with Gasteiger partial charge in [-0.15, -0.1) is 0 Å². The monoisotopic (exact) mass is 252 g/mol. The molecular weight excluding hydrogens is 241 g/mol. The van der Waals surface area contributed by atoms with E-state index >= 15 is 0 Å². The number of halogens is 3. The molecule has 0 aliphatic heterocycles. The van der Waals surface area contributed by atoms with Crippen molar-refractivity contribution < 1.29 is 18.3 Å². The molecule has 94 valence electrons. The molecule has 4 heteroatoms. The van der Waals surface area contributed by atoms with Gasteiger partial charge in [-0.3, -0.25) is 0 Å². The summed E-state index contributed by atoms with van der Waals surface area (Å²) in [6, 6.07) is 6.18. The Kier molecular flexibility index (Phi) is 3.39. The quantitative estimate of drug-likeness (QED) is 0.810. The van der Waals surface area contributed by atoms with Crippen LogP contribution in [-0.2, 0) is 6.61 Å². The smallest absolute Gasteiger partial charge is 0.161 e. The second-order valence-electron chi connectivity index (χ2n) is 4.05. The summed E-state index contributed by atoms with van der Waals surface area (Å²) in [7, 11) is 0. The van der Waals surface area contributed by atoms with Crippen LogP contribution >= 0.6 is 0 Å². The van der Waals surface area contributed by atoms with E-state index in [1.165, 1.54) is 0 Å². The van der Waals surface area contributed by atoms with Crippen molar-refractivity contribution in [2.45, 2.75) is 13.5 Å². The molecule has 0 spiro atoms. The van der Waals surface area contributed by atoms with Crippen molar-refractivity contribution in [3.05, 3.63) is 58.9 Å². The third kappa shape index (κ3) is 2.24. The minimum atomic E-state index is -1.21. The molecule has 0 saturated heterocycles. The van der Waals surface area contributed by atoms with Gasteiger partial charge in [0.1, 0.15) is 5.82 Å². The zero-order chi connectivity index (χ0) is 13.3. The minimum absolute atomic E-state index is 0.00138. The summed E-state index contributed by atoms with van der Waals surface area (Å²) in [6.45, 7) is 1.64. The second-order valence-corrected chi connectivity index (χ2v) is 4.05. The van der Waals surface area contributed by atoms with E-state index in [1.807, 2.05) is 0 Å². The lowest BCUT2D eigenvalue weighted by Gasteiger charge is -2.08. The highest BCUT2D eigenvalue weighted by Crippen LogP contribution is 2.27. The third-order valence-electron chi connectivity index (χ3n) is 2.83. The summed E-state index contributed by atoms with van der Waals surface area (Å²) in [5.41, 5.74) is 1.92. The summed E-state index contributed by atoms with van der Waals surface area (Å²) in [5, 5.41) is 9.03. The first kappa shape index (κ1) is 12.6. The molecule has 0 saturated carbocycles. The van der Waals surface area contributed by atoms with Crippen molar-refractivity contribution in [3.63, 3.8) is 0 Å². The number of aryl methyl sites for hydroxylation is 1. The van der Waals surface area contributed by atoms with Crippen LogP contribution in [0.2, 0.25) is 0 Å². The van der Waals surface area contributed by atoms with Gasteiger partial charge in [-0.1, -0.05) is 18.2 Å². The van der Waals surface area contributed by atoms with E-state index in [0.29, 0.717) is 17.2 Å². The van der Waals surface area contributed by atoms with Crippen molar-refractivity contribution in [1.82, 2.24) is 0 Å². The van der Waals surface area contributed by atoms with Crippen molar-refractivity contribution in [3.8, 4) is 11.1 Å². The fraction of sp³-hybridized carbons (Fsp3) is 0.143. The number of aliphatic hydroxyl groups is 1. The van der Waals surface area contributed by atoms with Gasteiger partial charge in [0.05, 0.1) is 6.61 Å². The van der Waals surface area contributed by atoms with Gasteiger partial charge in [0, 0.05) is 11.6 Å². The van der Waals surface area contributed by atoms with E-state index in [0.717, 1.165) is 11.6 Å². The predicted octanol–water partition coefficient (Wildman–Crippen LogP) is 3.57. The Morgan fingerprint density at radius 3 is 2.22 bits per heavy atom. The van der Waals surface area contributed by atoms with Crippen molar-refractivity contribution >= 4 is 0 Å². The summed E-state index contributed by atoms with van der Waals surface area (Å²) >= 11 is 0. The van der Waals surface area contributed by atoms with Crippen LogP contribution in [0.25, 0.3) is 11.1 Å². The highest BCUT2D eigenvalue weighted by molar-refractivity contribution is 5.65. The maximum Gasteiger partial charge on any atom is 0.161 e. The van der Waals surface area contributed by atoms with Crippen LogP contribution in [0.1, 0.15) is 11.1 Å². The number of hydrogen-bond donors (Lipinski definition) is 1. The maximum absolute atomic E-state index is 13.6. The molecule has 2 aromatic carbocycles. The molecule has 0 heterocycles. The molecule has 0 aliphatic rings. The molecule has 2 rings (SSSR count). The molecular formula is C14H11F3O. The largest absolute Gasteiger partial charge is 0.392 e. The molecule has 0 bridgehead atoms. The fourth-order valence-corrected chi connectivity index (χ4v) is 1.78. The van der Waals surface area contributed by atoms with Crippen molar-refractivity contribution in [1.29, 1.82) is 0 Å². The van der Waals surface area contributed by atoms with Gasteiger partial charge in [-0.2, -0.15) is 0 Å². The van der Waals surface area contributed by atoms with E-state index in [1.54, 1.807) is 25.1 Å². The Morgan fingerprint density at radius 1 is 0.944 bits per heavy atom. The molecule has 18 heavy (non-hydrogen) atoms. The first-order valence-corrected chi connectivity index (χ1v) is 5.38. The molecule has 1 nitrogen and oxygen atoms in total. The van der Waals surface area contributed by atoms with Crippen LogP contribution in [-0.4, -0.2) is 5.11 Å². The first-order valence-electron chi connectivity index (χ1n) is 5.38. The van der Waals surface area contributed by atoms with E-state index in [9.17, 15) is 13.2 Å². The normalized spacial score (nSPS) is 10.7. The topological polar surface area (TPSA) is 20.2 Å². The van der Waals surface area contributed by atoms with Gasteiger partial charge in [0.2, 0.25) is 0 Å². The molecule has 0 aliphatic carbocycles. The minimum Gasteiger partial charge on any atom is -0.392 e. The number of benzene rings is 2. The lowest BCUT2D eigenvalue weighted by Crippen LogP contribution is -1.93. The average Bonchev–Trinajstić information content (AvgIpc) is 2.33. The lowest BCUT2D eigenvalue weighted by molar-refractivity contribution is 0.281. The maximum atomic E-state index is 13.6. The van der Waals surface area contributed by atoms with Crippen LogP contribution in [0.3, 0.4) is 0 Å². The van der Waals surface area contributed by atoms with Gasteiger partial charge in [0.25, 0.3) is 0 Å². The van der Waals surface area contributed by atoms with Crippen molar-refractivity contribution in [2.75, 3.05) is 0 Å². The zero-order valence-electron chi connectivity index (χ0n) is 9.67. The molecule has 0 aromatic heterocycles. The van der Waals surface area contributed by atoms with Crippen LogP contribution in [0.4, 0.5) is 13.2 Å². The Balaban J connectivity index is 2.55. The molecule has 1 N–H and O–H groups in total. The Labute approximate surface area is 103 Å². The summed E-state index contributed by atoms with van der Waals surface area (Å²) < 4.78 is 39.5. The summed E-state index contributed by atoms with van der Waals surface area (Å²) in [6.07, 6.45) is 0. The number of aliphatic hydroxyl groups excluding tert-OH is 1. The second kappa shape index (κ2) is 4.82. The predicted molar refractivity (Wildman–Crippen MR) is 62.4 cm³/mol. The first-order chi connectivity index (χ1) is 8.52. The van der Waals surface area contributed by atoms with E-state index in [-0.39, 0.29) is 12.2 Å². The summed E-state index contributed by atoms with van der Waals surface area (Å²) in [5.74, 6) is -3.11. The van der Waals surface area contributed by atoms with E-state index < -0.39 is 17.5 Å². The van der Waals surface area contributed by atoms with Gasteiger partial charge >= 0.3 is 0 Å². The van der Waals surface area contributed by atoms with Gasteiger partial charge in [-0.05, 0) is 29.7 Å². The number of hydrogen-bond acceptors (Lipinski definition) is 1. The standard InChI is InChI=1S/C14H11F3O/c1-8-4-9(2-3-10(8)7-18)11-5-13(16)14(17)6-12(11)15/h2-6,18H,7H2,1H3. The molecule has 0 atom stereocenters. The number of rotatable bonds is 2. The highest BCUT2D eigenvalue weighted by Gasteiger charge is 2.12. The molecule has 0 amide bonds. The van der Waals surface area contributed by atoms with Gasteiger partial charge in [-0.25, -0.2) is 13.2 Å². The molecule has 0 fully saturated rings. The highest BCUT2D eigenvalue weighted by atomic mass is 19.2. The Hall–Kier alpha value is -1.81. The van der Waals surface area contributed by atoms with E-state index in [2.05, 4.69) is 0 Å². The van der Waals surface area contributed by atoms with Crippen LogP contribution in [0, 0.1) is 24.4 Å². The average molecular weight is 252 g/mol. The van der Waals surface area contributed by atoms with Crippen LogP contribution in [0.15, 0.2) is 30.3 Å². The zero-order valence-corrected chi connectivity index (χ0v) is 9.67. The molecule has 0 unspecified atom stereocenters.